The zero-order chi connectivity index (χ0) is 21.2. The number of aryl methyl sites for hydroxylation is 1. The molecule has 1 N–H and O–H groups in total. The molecule has 0 unspecified atom stereocenters. The van der Waals surface area contributed by atoms with Gasteiger partial charge in [-0.1, -0.05) is 18.2 Å². The molecule has 0 bridgehead atoms. The second kappa shape index (κ2) is 8.64. The lowest BCUT2D eigenvalue weighted by atomic mass is 9.96. The number of hydrogen-bond donors (Lipinski definition) is 1. The Morgan fingerprint density at radius 2 is 1.79 bits per heavy atom. The molecule has 1 aromatic heterocycles. The van der Waals surface area contributed by atoms with Gasteiger partial charge >= 0.3 is 0 Å². The molecule has 2 heterocycles. The molecule has 0 aliphatic carbocycles. The molecule has 0 radical (unpaired) electrons. The molecule has 1 saturated heterocycles. The Kier molecular flexibility index (Phi) is 6.40. The van der Waals surface area contributed by atoms with Gasteiger partial charge in [0.1, 0.15) is 4.90 Å². The van der Waals surface area contributed by atoms with E-state index < -0.39 is 10.0 Å². The van der Waals surface area contributed by atoms with Gasteiger partial charge in [-0.3, -0.25) is 14.4 Å². The Labute approximate surface area is 172 Å². The number of nitrogens with zero attached hydrogens (tertiary/aromatic N) is 4. The van der Waals surface area contributed by atoms with Crippen LogP contribution in [0, 0.1) is 19.8 Å². The van der Waals surface area contributed by atoms with Crippen LogP contribution in [0.5, 0.6) is 0 Å². The lowest BCUT2D eigenvalue weighted by Crippen LogP contribution is -2.39. The fraction of sp³-hybridized carbons (Fsp3) is 0.500. The summed E-state index contributed by atoms with van der Waals surface area (Å²) in [5.41, 5.74) is 1.96. The van der Waals surface area contributed by atoms with Crippen LogP contribution >= 0.6 is 0 Å². The molecule has 9 heteroatoms. The van der Waals surface area contributed by atoms with Crippen LogP contribution in [0.15, 0.2) is 35.2 Å². The molecular formula is C20H29N5O3S. The second-order valence-electron chi connectivity index (χ2n) is 7.68. The van der Waals surface area contributed by atoms with Gasteiger partial charge in [0.25, 0.3) is 0 Å². The molecule has 1 amide bonds. The lowest BCUT2D eigenvalue weighted by Gasteiger charge is -2.31. The van der Waals surface area contributed by atoms with E-state index >= 15 is 0 Å². The number of rotatable bonds is 6. The van der Waals surface area contributed by atoms with Crippen molar-refractivity contribution in [2.75, 3.05) is 32.5 Å². The fourth-order valence-corrected chi connectivity index (χ4v) is 4.92. The number of amides is 1. The number of carbonyl (C=O) groups is 1. The molecular weight excluding hydrogens is 390 g/mol. The molecule has 1 fully saturated rings. The number of para-hydroxylation sites is 1. The molecule has 1 aliphatic rings. The predicted molar refractivity (Wildman–Crippen MR) is 112 cm³/mol. The first-order valence-corrected chi connectivity index (χ1v) is 11.2. The van der Waals surface area contributed by atoms with Crippen LogP contribution in [0.2, 0.25) is 0 Å². The Balaban J connectivity index is 1.61. The maximum atomic E-state index is 12.6. The van der Waals surface area contributed by atoms with Crippen molar-refractivity contribution in [1.82, 2.24) is 19.0 Å². The number of carbonyl (C=O) groups excluding carboxylic acids is 1. The van der Waals surface area contributed by atoms with Gasteiger partial charge in [-0.2, -0.15) is 5.10 Å². The van der Waals surface area contributed by atoms with Crippen LogP contribution in [-0.2, 0) is 21.5 Å². The Morgan fingerprint density at radius 3 is 2.38 bits per heavy atom. The monoisotopic (exact) mass is 419 g/mol. The predicted octanol–water partition coefficient (Wildman–Crippen LogP) is 2.06. The number of sulfonamides is 1. The molecule has 1 aliphatic heterocycles. The van der Waals surface area contributed by atoms with E-state index in [1.165, 1.54) is 18.4 Å². The maximum absolute atomic E-state index is 12.6. The van der Waals surface area contributed by atoms with Gasteiger partial charge in [0.15, 0.2) is 0 Å². The third kappa shape index (κ3) is 4.68. The van der Waals surface area contributed by atoms with E-state index in [1.54, 1.807) is 18.5 Å². The topological polar surface area (TPSA) is 87.5 Å². The smallest absolute Gasteiger partial charge is 0.246 e. The average Bonchev–Trinajstić information content (AvgIpc) is 2.96. The van der Waals surface area contributed by atoms with Crippen LogP contribution in [0.25, 0.3) is 0 Å². The average molecular weight is 420 g/mol. The van der Waals surface area contributed by atoms with Crippen molar-refractivity contribution < 1.29 is 13.2 Å². The first kappa shape index (κ1) is 21.5. The van der Waals surface area contributed by atoms with Crippen molar-refractivity contribution in [2.45, 2.75) is 38.3 Å². The Hall–Kier alpha value is -2.23. The van der Waals surface area contributed by atoms with Crippen LogP contribution in [0.3, 0.4) is 0 Å². The van der Waals surface area contributed by atoms with E-state index in [0.29, 0.717) is 18.1 Å². The molecule has 1 aromatic carbocycles. The minimum Gasteiger partial charge on any atom is -0.326 e. The third-order valence-corrected chi connectivity index (χ3v) is 7.46. The van der Waals surface area contributed by atoms with Crippen LogP contribution < -0.4 is 5.32 Å². The number of aromatic nitrogens is 2. The molecule has 2 aromatic rings. The Bertz CT molecular complexity index is 962. The first-order chi connectivity index (χ1) is 13.7. The third-order valence-electron chi connectivity index (χ3n) is 5.39. The van der Waals surface area contributed by atoms with Crippen molar-refractivity contribution in [2.24, 2.45) is 5.92 Å². The first-order valence-electron chi connectivity index (χ1n) is 9.75. The van der Waals surface area contributed by atoms with E-state index in [1.807, 2.05) is 30.3 Å². The molecule has 0 spiro atoms. The summed E-state index contributed by atoms with van der Waals surface area (Å²) in [6.45, 7) is 5.56. The maximum Gasteiger partial charge on any atom is 0.246 e. The van der Waals surface area contributed by atoms with Crippen LogP contribution in [-0.4, -0.2) is 60.5 Å². The van der Waals surface area contributed by atoms with Crippen molar-refractivity contribution in [3.05, 3.63) is 41.7 Å². The number of nitrogens with one attached hydrogen (secondary N) is 1. The molecule has 3 rings (SSSR count). The number of anilines is 1. The zero-order valence-electron chi connectivity index (χ0n) is 17.4. The highest BCUT2D eigenvalue weighted by atomic mass is 32.2. The van der Waals surface area contributed by atoms with E-state index in [0.717, 1.165) is 31.6 Å². The van der Waals surface area contributed by atoms with Gasteiger partial charge < -0.3 is 5.32 Å². The summed E-state index contributed by atoms with van der Waals surface area (Å²) >= 11 is 0. The summed E-state index contributed by atoms with van der Waals surface area (Å²) in [4.78, 5) is 15.0. The van der Waals surface area contributed by atoms with E-state index in [9.17, 15) is 13.2 Å². The molecule has 158 valence electrons. The number of hydrogen-bond acceptors (Lipinski definition) is 5. The van der Waals surface area contributed by atoms with Gasteiger partial charge in [0.05, 0.1) is 18.1 Å². The van der Waals surface area contributed by atoms with Crippen molar-refractivity contribution in [3.8, 4) is 0 Å². The molecule has 0 saturated carbocycles. The Morgan fingerprint density at radius 1 is 1.17 bits per heavy atom. The van der Waals surface area contributed by atoms with E-state index in [2.05, 4.69) is 15.3 Å². The van der Waals surface area contributed by atoms with Crippen molar-refractivity contribution in [3.63, 3.8) is 0 Å². The molecule has 0 atom stereocenters. The fourth-order valence-electron chi connectivity index (χ4n) is 3.67. The second-order valence-corrected chi connectivity index (χ2v) is 9.76. The number of benzene rings is 1. The van der Waals surface area contributed by atoms with Crippen LogP contribution in [0.4, 0.5) is 5.69 Å². The summed E-state index contributed by atoms with van der Waals surface area (Å²) in [6, 6.07) is 9.49. The number of piperidine rings is 1. The summed E-state index contributed by atoms with van der Waals surface area (Å²) in [6.07, 6.45) is 1.53. The highest BCUT2D eigenvalue weighted by molar-refractivity contribution is 7.89. The summed E-state index contributed by atoms with van der Waals surface area (Å²) in [5, 5.41) is 7.43. The minimum atomic E-state index is -3.53. The highest BCUT2D eigenvalue weighted by Crippen LogP contribution is 2.24. The SMILES string of the molecule is Cc1nn(CN2CCC(C(=O)Nc3ccccc3)CC2)c(C)c1S(=O)(=O)N(C)C. The molecule has 8 nitrogen and oxygen atoms in total. The van der Waals surface area contributed by atoms with E-state index in [4.69, 9.17) is 0 Å². The van der Waals surface area contributed by atoms with Gasteiger partial charge in [-0.05, 0) is 38.8 Å². The largest absolute Gasteiger partial charge is 0.326 e. The summed E-state index contributed by atoms with van der Waals surface area (Å²) in [5.74, 6) is 0.0397. The van der Waals surface area contributed by atoms with Gasteiger partial charge in [0, 0.05) is 38.8 Å². The summed E-state index contributed by atoms with van der Waals surface area (Å²) in [7, 11) is -0.480. The lowest BCUT2D eigenvalue weighted by molar-refractivity contribution is -0.121. The van der Waals surface area contributed by atoms with Crippen molar-refractivity contribution >= 4 is 21.6 Å². The van der Waals surface area contributed by atoms with Gasteiger partial charge in [-0.15, -0.1) is 0 Å². The van der Waals surface area contributed by atoms with Crippen molar-refractivity contribution in [1.29, 1.82) is 0 Å². The van der Waals surface area contributed by atoms with Gasteiger partial charge in [-0.25, -0.2) is 12.7 Å². The summed E-state index contributed by atoms with van der Waals surface area (Å²) < 4.78 is 28.1. The van der Waals surface area contributed by atoms with Crippen LogP contribution in [0.1, 0.15) is 24.2 Å². The molecule has 29 heavy (non-hydrogen) atoms. The zero-order valence-corrected chi connectivity index (χ0v) is 18.2. The minimum absolute atomic E-state index is 0.0170. The number of likely N-dealkylation sites (tertiary alicyclic amines) is 1. The van der Waals surface area contributed by atoms with Gasteiger partial charge in [0.2, 0.25) is 15.9 Å². The van der Waals surface area contributed by atoms with E-state index in [-0.39, 0.29) is 16.7 Å². The highest BCUT2D eigenvalue weighted by Gasteiger charge is 2.29. The standard InChI is InChI=1S/C20H29N5O3S/c1-15-19(29(27,28)23(3)4)16(2)25(22-15)14-24-12-10-17(11-13-24)20(26)21-18-8-6-5-7-9-18/h5-9,17H,10-14H2,1-4H3,(H,21,26). The quantitative estimate of drug-likeness (QED) is 0.774. The normalized spacial score (nSPS) is 16.3.